The Bertz CT molecular complexity index is 587. The van der Waals surface area contributed by atoms with E-state index in [0.717, 1.165) is 5.69 Å². The summed E-state index contributed by atoms with van der Waals surface area (Å²) in [5.74, 6) is -0.370. The normalized spacial score (nSPS) is 11.9. The van der Waals surface area contributed by atoms with Crippen molar-refractivity contribution in [3.05, 3.63) is 59.8 Å². The molecule has 0 fully saturated rings. The summed E-state index contributed by atoms with van der Waals surface area (Å²) in [5.41, 5.74) is 1.45. The monoisotopic (exact) mass is 286 g/mol. The molecule has 110 valence electrons. The lowest BCUT2D eigenvalue weighted by Gasteiger charge is -2.14. The molecule has 0 saturated heterocycles. The first-order chi connectivity index (χ1) is 10.2. The molecule has 2 N–H and O–H groups in total. The SMILES string of the molecule is CCOc1cccc(CN[C@@H](C(=O)O)c2ccccc2)n1. The van der Waals surface area contributed by atoms with Crippen LogP contribution >= 0.6 is 0 Å². The zero-order chi connectivity index (χ0) is 15.1. The summed E-state index contributed by atoms with van der Waals surface area (Å²) in [6.45, 7) is 2.79. The zero-order valence-corrected chi connectivity index (χ0v) is 11.8. The molecule has 1 aromatic heterocycles. The van der Waals surface area contributed by atoms with Gasteiger partial charge in [-0.1, -0.05) is 36.4 Å². The number of rotatable bonds is 7. The van der Waals surface area contributed by atoms with Gasteiger partial charge in [-0.2, -0.15) is 0 Å². The van der Waals surface area contributed by atoms with Gasteiger partial charge in [-0.15, -0.1) is 0 Å². The Morgan fingerprint density at radius 1 is 1.24 bits per heavy atom. The van der Waals surface area contributed by atoms with Crippen LogP contribution in [0.4, 0.5) is 0 Å². The predicted molar refractivity (Wildman–Crippen MR) is 79.1 cm³/mol. The fraction of sp³-hybridized carbons (Fsp3) is 0.250. The minimum absolute atomic E-state index is 0.354. The van der Waals surface area contributed by atoms with Gasteiger partial charge in [0.1, 0.15) is 6.04 Å². The molecule has 0 saturated carbocycles. The van der Waals surface area contributed by atoms with E-state index in [1.807, 2.05) is 37.3 Å². The van der Waals surface area contributed by atoms with Gasteiger partial charge >= 0.3 is 5.97 Å². The molecule has 1 atom stereocenters. The Balaban J connectivity index is 2.06. The molecule has 2 aromatic rings. The van der Waals surface area contributed by atoms with Crippen LogP contribution in [0.15, 0.2) is 48.5 Å². The van der Waals surface area contributed by atoms with Crippen molar-refractivity contribution in [2.75, 3.05) is 6.61 Å². The molecule has 0 spiro atoms. The highest BCUT2D eigenvalue weighted by Crippen LogP contribution is 2.14. The van der Waals surface area contributed by atoms with Gasteiger partial charge in [0, 0.05) is 12.6 Å². The van der Waals surface area contributed by atoms with Gasteiger partial charge in [-0.25, -0.2) is 4.98 Å². The number of carbonyl (C=O) groups is 1. The standard InChI is InChI=1S/C16H18N2O3/c1-2-21-14-10-6-9-13(18-14)11-17-15(16(19)20)12-7-4-3-5-8-12/h3-10,15,17H,2,11H2,1H3,(H,19,20)/t15-/m1/s1. The molecule has 5 heteroatoms. The number of aromatic nitrogens is 1. The summed E-state index contributed by atoms with van der Waals surface area (Å²) in [6.07, 6.45) is 0. The van der Waals surface area contributed by atoms with Gasteiger partial charge in [0.15, 0.2) is 0 Å². The van der Waals surface area contributed by atoms with Crippen LogP contribution in [0, 0.1) is 0 Å². The number of hydrogen-bond acceptors (Lipinski definition) is 4. The third-order valence-corrected chi connectivity index (χ3v) is 2.94. The lowest BCUT2D eigenvalue weighted by Crippen LogP contribution is -2.28. The summed E-state index contributed by atoms with van der Waals surface area (Å²) in [5, 5.41) is 12.3. The molecular formula is C16H18N2O3. The average Bonchev–Trinajstić information content (AvgIpc) is 2.49. The maximum Gasteiger partial charge on any atom is 0.325 e. The summed E-state index contributed by atoms with van der Waals surface area (Å²) in [7, 11) is 0. The number of ether oxygens (including phenoxy) is 1. The van der Waals surface area contributed by atoms with Crippen LogP contribution in [-0.4, -0.2) is 22.7 Å². The number of aliphatic carboxylic acids is 1. The molecular weight excluding hydrogens is 268 g/mol. The topological polar surface area (TPSA) is 71.5 Å². The van der Waals surface area contributed by atoms with Gasteiger partial charge in [0.05, 0.1) is 12.3 Å². The van der Waals surface area contributed by atoms with Crippen molar-refractivity contribution < 1.29 is 14.6 Å². The maximum atomic E-state index is 11.4. The number of nitrogens with zero attached hydrogens (tertiary/aromatic N) is 1. The number of hydrogen-bond donors (Lipinski definition) is 2. The van der Waals surface area contributed by atoms with Crippen molar-refractivity contribution in [2.24, 2.45) is 0 Å². The van der Waals surface area contributed by atoms with E-state index in [1.54, 1.807) is 18.2 Å². The Morgan fingerprint density at radius 3 is 2.67 bits per heavy atom. The number of carboxylic acid groups (broad SMARTS) is 1. The highest BCUT2D eigenvalue weighted by atomic mass is 16.5. The molecule has 1 aromatic carbocycles. The Labute approximate surface area is 123 Å². The van der Waals surface area contributed by atoms with E-state index >= 15 is 0 Å². The first-order valence-corrected chi connectivity index (χ1v) is 6.80. The van der Waals surface area contributed by atoms with Crippen LogP contribution in [0.25, 0.3) is 0 Å². The predicted octanol–water partition coefficient (Wildman–Crippen LogP) is 2.40. The number of carboxylic acids is 1. The number of benzene rings is 1. The zero-order valence-electron chi connectivity index (χ0n) is 11.8. The summed E-state index contributed by atoms with van der Waals surface area (Å²) in [6, 6.07) is 13.8. The fourth-order valence-corrected chi connectivity index (χ4v) is 1.98. The van der Waals surface area contributed by atoms with E-state index in [2.05, 4.69) is 10.3 Å². The summed E-state index contributed by atoms with van der Waals surface area (Å²) >= 11 is 0. The van der Waals surface area contributed by atoms with E-state index < -0.39 is 12.0 Å². The molecule has 21 heavy (non-hydrogen) atoms. The van der Waals surface area contributed by atoms with Crippen molar-refractivity contribution in [3.8, 4) is 5.88 Å². The first kappa shape index (κ1) is 15.0. The van der Waals surface area contributed by atoms with E-state index in [9.17, 15) is 9.90 Å². The van der Waals surface area contributed by atoms with Crippen LogP contribution in [0.5, 0.6) is 5.88 Å². The third kappa shape index (κ3) is 4.29. The van der Waals surface area contributed by atoms with E-state index in [-0.39, 0.29) is 0 Å². The van der Waals surface area contributed by atoms with Crippen LogP contribution in [0.1, 0.15) is 24.2 Å². The summed E-state index contributed by atoms with van der Waals surface area (Å²) in [4.78, 5) is 15.7. The lowest BCUT2D eigenvalue weighted by molar-refractivity contribution is -0.139. The van der Waals surface area contributed by atoms with Crippen LogP contribution in [-0.2, 0) is 11.3 Å². The number of nitrogens with one attached hydrogen (secondary N) is 1. The first-order valence-electron chi connectivity index (χ1n) is 6.80. The molecule has 5 nitrogen and oxygen atoms in total. The van der Waals surface area contributed by atoms with Gasteiger partial charge in [-0.3, -0.25) is 10.1 Å². The lowest BCUT2D eigenvalue weighted by atomic mass is 10.1. The van der Waals surface area contributed by atoms with Gasteiger partial charge < -0.3 is 9.84 Å². The molecule has 0 aliphatic carbocycles. The van der Waals surface area contributed by atoms with E-state index in [1.165, 1.54) is 0 Å². The van der Waals surface area contributed by atoms with E-state index in [0.29, 0.717) is 24.6 Å². The van der Waals surface area contributed by atoms with Crippen molar-refractivity contribution in [1.82, 2.24) is 10.3 Å². The highest BCUT2D eigenvalue weighted by molar-refractivity contribution is 5.75. The van der Waals surface area contributed by atoms with Crippen LogP contribution in [0.2, 0.25) is 0 Å². The molecule has 0 aliphatic heterocycles. The highest BCUT2D eigenvalue weighted by Gasteiger charge is 2.18. The van der Waals surface area contributed by atoms with Gasteiger partial charge in [0.25, 0.3) is 0 Å². The van der Waals surface area contributed by atoms with Crippen molar-refractivity contribution >= 4 is 5.97 Å². The van der Waals surface area contributed by atoms with Gasteiger partial charge in [0.2, 0.25) is 5.88 Å². The minimum Gasteiger partial charge on any atom is -0.480 e. The molecule has 1 heterocycles. The van der Waals surface area contributed by atoms with Crippen molar-refractivity contribution in [1.29, 1.82) is 0 Å². The third-order valence-electron chi connectivity index (χ3n) is 2.94. The Hall–Kier alpha value is -2.40. The van der Waals surface area contributed by atoms with Crippen molar-refractivity contribution in [2.45, 2.75) is 19.5 Å². The van der Waals surface area contributed by atoms with Crippen LogP contribution < -0.4 is 10.1 Å². The molecule has 2 rings (SSSR count). The second-order valence-corrected chi connectivity index (χ2v) is 4.46. The molecule has 0 amide bonds. The molecule has 0 radical (unpaired) electrons. The average molecular weight is 286 g/mol. The smallest absolute Gasteiger partial charge is 0.325 e. The largest absolute Gasteiger partial charge is 0.480 e. The van der Waals surface area contributed by atoms with Gasteiger partial charge in [-0.05, 0) is 18.6 Å². The molecule has 0 bridgehead atoms. The Morgan fingerprint density at radius 2 is 2.00 bits per heavy atom. The van der Waals surface area contributed by atoms with E-state index in [4.69, 9.17) is 4.74 Å². The molecule has 0 aliphatic rings. The number of pyridine rings is 1. The Kier molecular flexibility index (Phi) is 5.29. The van der Waals surface area contributed by atoms with Crippen LogP contribution in [0.3, 0.4) is 0 Å². The summed E-state index contributed by atoms with van der Waals surface area (Å²) < 4.78 is 5.33. The second kappa shape index (κ2) is 7.40. The minimum atomic E-state index is -0.915. The van der Waals surface area contributed by atoms with Crippen molar-refractivity contribution in [3.63, 3.8) is 0 Å². The fourth-order valence-electron chi connectivity index (χ4n) is 1.98. The quantitative estimate of drug-likeness (QED) is 0.817. The maximum absolute atomic E-state index is 11.4. The second-order valence-electron chi connectivity index (χ2n) is 4.46. The molecule has 0 unspecified atom stereocenters.